The molecule has 218 valence electrons. The molecule has 11 heteroatoms. The van der Waals surface area contributed by atoms with E-state index in [2.05, 4.69) is 9.62 Å². The van der Waals surface area contributed by atoms with Gasteiger partial charge in [-0.2, -0.15) is 0 Å². The lowest BCUT2D eigenvalue weighted by Crippen LogP contribution is -2.49. The van der Waals surface area contributed by atoms with Crippen LogP contribution in [0.3, 0.4) is 0 Å². The predicted octanol–water partition coefficient (Wildman–Crippen LogP) is 3.57. The summed E-state index contributed by atoms with van der Waals surface area (Å²) in [5.74, 6) is 1.13. The second-order valence-corrected chi connectivity index (χ2v) is 12.3. The van der Waals surface area contributed by atoms with Crippen LogP contribution < -0.4 is 18.9 Å². The third kappa shape index (κ3) is 6.27. The quantitative estimate of drug-likeness (QED) is 0.394. The zero-order chi connectivity index (χ0) is 29.1. The molecule has 0 aliphatic carbocycles. The van der Waals surface area contributed by atoms with E-state index in [1.807, 2.05) is 32.2 Å². The highest BCUT2D eigenvalue weighted by Gasteiger charge is 2.35. The fraction of sp³-hybridized carbons (Fsp3) is 0.367. The predicted molar refractivity (Wildman–Crippen MR) is 154 cm³/mol. The van der Waals surface area contributed by atoms with Gasteiger partial charge in [-0.3, -0.25) is 14.4 Å². The van der Waals surface area contributed by atoms with Crippen LogP contribution >= 0.6 is 0 Å². The van der Waals surface area contributed by atoms with Gasteiger partial charge in [0.15, 0.2) is 17.2 Å². The van der Waals surface area contributed by atoms with Crippen LogP contribution in [0.1, 0.15) is 29.8 Å². The van der Waals surface area contributed by atoms with Gasteiger partial charge in [0.2, 0.25) is 6.79 Å². The van der Waals surface area contributed by atoms with E-state index in [-0.39, 0.29) is 47.1 Å². The third-order valence-electron chi connectivity index (χ3n) is 7.37. The van der Waals surface area contributed by atoms with Crippen molar-refractivity contribution in [2.75, 3.05) is 38.3 Å². The summed E-state index contributed by atoms with van der Waals surface area (Å²) >= 11 is 0. The summed E-state index contributed by atoms with van der Waals surface area (Å²) < 4.78 is 46.6. The number of likely N-dealkylation sites (N-methyl/N-ethyl adjacent to an activating group) is 1. The number of fused-ring (bicyclic) bond motifs is 2. The molecule has 0 fully saturated rings. The van der Waals surface area contributed by atoms with Crippen LogP contribution in [0, 0.1) is 5.92 Å². The van der Waals surface area contributed by atoms with Crippen LogP contribution in [-0.4, -0.2) is 74.9 Å². The number of nitrogens with zero attached hydrogens (tertiary/aromatic N) is 2. The van der Waals surface area contributed by atoms with Crippen LogP contribution in [0.4, 0.5) is 5.69 Å². The first-order valence-electron chi connectivity index (χ1n) is 13.5. The van der Waals surface area contributed by atoms with Gasteiger partial charge in [0.25, 0.3) is 15.9 Å². The largest absolute Gasteiger partial charge is 0.486 e. The van der Waals surface area contributed by atoms with Gasteiger partial charge in [0.1, 0.15) is 6.10 Å². The smallest absolute Gasteiger partial charge is 0.262 e. The van der Waals surface area contributed by atoms with E-state index in [0.29, 0.717) is 25.4 Å². The summed E-state index contributed by atoms with van der Waals surface area (Å²) in [6.07, 6.45) is -0.406. The zero-order valence-electron chi connectivity index (χ0n) is 23.3. The second kappa shape index (κ2) is 12.0. The molecule has 2 N–H and O–H groups in total. The average molecular weight is 582 g/mol. The van der Waals surface area contributed by atoms with Crippen molar-refractivity contribution in [3.8, 4) is 17.2 Å². The Kier molecular flexibility index (Phi) is 8.39. The Labute approximate surface area is 240 Å². The van der Waals surface area contributed by atoms with Crippen molar-refractivity contribution in [3.05, 3.63) is 77.9 Å². The van der Waals surface area contributed by atoms with Crippen LogP contribution in [0.25, 0.3) is 0 Å². The molecule has 2 aliphatic rings. The van der Waals surface area contributed by atoms with E-state index in [1.54, 1.807) is 48.2 Å². The maximum absolute atomic E-state index is 13.7. The molecule has 2 heterocycles. The number of para-hydroxylation sites is 1. The Bertz CT molecular complexity index is 1500. The molecular formula is C30H35N3O7S. The van der Waals surface area contributed by atoms with E-state index >= 15 is 0 Å². The molecule has 1 amide bonds. The van der Waals surface area contributed by atoms with Crippen LogP contribution in [0.5, 0.6) is 17.2 Å². The van der Waals surface area contributed by atoms with E-state index in [0.717, 1.165) is 11.3 Å². The van der Waals surface area contributed by atoms with Gasteiger partial charge in [-0.05, 0) is 55.9 Å². The molecule has 0 radical (unpaired) electrons. The zero-order valence-corrected chi connectivity index (χ0v) is 24.1. The number of hydrogen-bond donors (Lipinski definition) is 2. The highest BCUT2D eigenvalue weighted by Crippen LogP contribution is 2.36. The maximum Gasteiger partial charge on any atom is 0.262 e. The molecule has 0 aromatic heterocycles. The number of rotatable bonds is 9. The summed E-state index contributed by atoms with van der Waals surface area (Å²) in [5.41, 5.74) is 1.44. The number of carbonyl (C=O) groups excluding carboxylic acids is 1. The number of nitrogens with one attached hydrogen (secondary N) is 1. The molecule has 3 aromatic carbocycles. The summed E-state index contributed by atoms with van der Waals surface area (Å²) in [4.78, 5) is 17.5. The number of anilines is 1. The molecule has 0 unspecified atom stereocenters. The molecule has 2 aliphatic heterocycles. The van der Waals surface area contributed by atoms with Crippen molar-refractivity contribution in [2.24, 2.45) is 5.92 Å². The van der Waals surface area contributed by atoms with Gasteiger partial charge in [0.05, 0.1) is 28.8 Å². The van der Waals surface area contributed by atoms with Gasteiger partial charge in [-0.25, -0.2) is 8.42 Å². The number of hydrogen-bond acceptors (Lipinski definition) is 8. The Hall–Kier alpha value is -3.80. The third-order valence-corrected chi connectivity index (χ3v) is 8.75. The standard InChI is InChI=1S/C30H35N3O7S/c1-20-15-33(21(2)18-34)30(35)24-10-7-11-25(31-41(36,37)23-8-5-4-6-9-23)29(24)40-28(20)17-32(3)16-22-12-13-26-27(14-22)39-19-38-26/h4-14,20-21,28,31,34H,15-19H2,1-3H3/t20-,21+,28+/m0/s1. The fourth-order valence-corrected chi connectivity index (χ4v) is 6.15. The molecule has 3 atom stereocenters. The molecule has 10 nitrogen and oxygen atoms in total. The Morgan fingerprint density at radius 3 is 2.59 bits per heavy atom. The first-order chi connectivity index (χ1) is 19.7. The molecular weight excluding hydrogens is 546 g/mol. The summed E-state index contributed by atoms with van der Waals surface area (Å²) in [6, 6.07) is 18.3. The van der Waals surface area contributed by atoms with E-state index in [4.69, 9.17) is 14.2 Å². The molecule has 3 aromatic rings. The van der Waals surface area contributed by atoms with Crippen molar-refractivity contribution < 1.29 is 32.5 Å². The minimum Gasteiger partial charge on any atom is -0.486 e. The van der Waals surface area contributed by atoms with Crippen LogP contribution in [0.15, 0.2) is 71.6 Å². The monoisotopic (exact) mass is 581 g/mol. The van der Waals surface area contributed by atoms with E-state index < -0.39 is 22.2 Å². The summed E-state index contributed by atoms with van der Waals surface area (Å²) in [7, 11) is -1.97. The van der Waals surface area contributed by atoms with Crippen molar-refractivity contribution in [1.82, 2.24) is 9.80 Å². The van der Waals surface area contributed by atoms with Gasteiger partial charge in [0, 0.05) is 25.6 Å². The molecule has 0 spiro atoms. The van der Waals surface area contributed by atoms with Crippen molar-refractivity contribution >= 4 is 21.6 Å². The number of amides is 1. The molecule has 0 saturated carbocycles. The molecule has 0 saturated heterocycles. The van der Waals surface area contributed by atoms with Gasteiger partial charge < -0.3 is 24.2 Å². The fourth-order valence-electron chi connectivity index (χ4n) is 5.07. The molecule has 41 heavy (non-hydrogen) atoms. The number of benzene rings is 3. The van der Waals surface area contributed by atoms with Crippen molar-refractivity contribution in [1.29, 1.82) is 0 Å². The Morgan fingerprint density at radius 1 is 1.07 bits per heavy atom. The van der Waals surface area contributed by atoms with Crippen LogP contribution in [-0.2, 0) is 16.6 Å². The van der Waals surface area contributed by atoms with Gasteiger partial charge in [-0.1, -0.05) is 37.3 Å². The lowest BCUT2D eigenvalue weighted by molar-refractivity contribution is 0.0344. The number of aliphatic hydroxyl groups is 1. The maximum atomic E-state index is 13.7. The number of sulfonamides is 1. The number of aliphatic hydroxyl groups excluding tert-OH is 1. The first-order valence-corrected chi connectivity index (χ1v) is 15.0. The van der Waals surface area contributed by atoms with E-state index in [1.165, 1.54) is 12.1 Å². The van der Waals surface area contributed by atoms with Crippen molar-refractivity contribution in [2.45, 2.75) is 37.4 Å². The summed E-state index contributed by atoms with van der Waals surface area (Å²) in [5, 5.41) is 9.93. The Balaban J connectivity index is 1.46. The topological polar surface area (TPSA) is 118 Å². The SMILES string of the molecule is C[C@H](CO)N1C[C@H](C)[C@@H](CN(C)Cc2ccc3c(c2)OCO3)Oc2c(NS(=O)(=O)c3ccccc3)cccc2C1=O. The van der Waals surface area contributed by atoms with Gasteiger partial charge in [-0.15, -0.1) is 0 Å². The second-order valence-electron chi connectivity index (χ2n) is 10.6. The summed E-state index contributed by atoms with van der Waals surface area (Å²) in [6.45, 7) is 5.24. The highest BCUT2D eigenvalue weighted by molar-refractivity contribution is 7.92. The molecule has 0 bridgehead atoms. The first kappa shape index (κ1) is 28.7. The average Bonchev–Trinajstić information content (AvgIpc) is 3.43. The Morgan fingerprint density at radius 2 is 1.83 bits per heavy atom. The van der Waals surface area contributed by atoms with Crippen LogP contribution in [0.2, 0.25) is 0 Å². The lowest BCUT2D eigenvalue weighted by Gasteiger charge is -2.38. The van der Waals surface area contributed by atoms with E-state index in [9.17, 15) is 18.3 Å². The number of carbonyl (C=O) groups is 1. The van der Waals surface area contributed by atoms with Gasteiger partial charge >= 0.3 is 0 Å². The normalized spacial score (nSPS) is 19.2. The minimum absolute atomic E-state index is 0.0960. The van der Waals surface area contributed by atoms with Crippen molar-refractivity contribution in [3.63, 3.8) is 0 Å². The number of ether oxygens (including phenoxy) is 3. The highest BCUT2D eigenvalue weighted by atomic mass is 32.2. The minimum atomic E-state index is -3.95. The lowest BCUT2D eigenvalue weighted by atomic mass is 9.99. The molecule has 5 rings (SSSR count).